The van der Waals surface area contributed by atoms with Crippen LogP contribution in [-0.2, 0) is 9.47 Å². The molecule has 0 unspecified atom stereocenters. The van der Waals surface area contributed by atoms with Gasteiger partial charge in [-0.15, -0.1) is 12.4 Å². The largest absolute Gasteiger partial charge is 0.475 e. The number of aromatic nitrogens is 2. The number of hydrogen-bond acceptors (Lipinski definition) is 5. The Bertz CT molecular complexity index is 812. The van der Waals surface area contributed by atoms with E-state index in [-0.39, 0.29) is 19.0 Å². The Hall–Kier alpha value is -2.09. The first kappa shape index (κ1) is 19.2. The number of nitrogens with two attached hydrogens (primary N) is 1. The normalized spacial score (nSPS) is 10.9. The minimum Gasteiger partial charge on any atom is -0.475 e. The van der Waals surface area contributed by atoms with Crippen LogP contribution < -0.4 is 10.5 Å². The summed E-state index contributed by atoms with van der Waals surface area (Å²) in [4.78, 5) is 7.70. The van der Waals surface area contributed by atoms with Gasteiger partial charge in [-0.2, -0.15) is 4.98 Å². The van der Waals surface area contributed by atoms with Gasteiger partial charge in [0.1, 0.15) is 18.9 Å². The molecule has 0 bridgehead atoms. The molecule has 0 fully saturated rings. The summed E-state index contributed by atoms with van der Waals surface area (Å²) in [5.74, 6) is 0.527. The number of anilines is 1. The van der Waals surface area contributed by atoms with Gasteiger partial charge in [0.2, 0.25) is 5.88 Å². The van der Waals surface area contributed by atoms with Crippen LogP contribution in [0.25, 0.3) is 21.9 Å². The van der Waals surface area contributed by atoms with E-state index in [2.05, 4.69) is 9.97 Å². The standard InChI is InChI=1S/C17H20FN3O3.ClH/c18-5-6-22-7-8-23-9-10-24-16-4-3-14-13-2-1-12(19)11-15(13)20-17(14)21-16;/h1-4,11H,5-10,19H2,(H,20,21);1H. The lowest BCUT2D eigenvalue weighted by atomic mass is 10.2. The fourth-order valence-electron chi connectivity index (χ4n) is 2.44. The number of hydrogen-bond donors (Lipinski definition) is 2. The lowest BCUT2D eigenvalue weighted by Crippen LogP contribution is -2.11. The zero-order chi connectivity index (χ0) is 16.8. The molecule has 8 heteroatoms. The summed E-state index contributed by atoms with van der Waals surface area (Å²) in [6, 6.07) is 9.53. The molecule has 0 aliphatic heterocycles. The summed E-state index contributed by atoms with van der Waals surface area (Å²) in [5, 5.41) is 2.11. The third kappa shape index (κ3) is 4.94. The average Bonchev–Trinajstić information content (AvgIpc) is 2.93. The zero-order valence-electron chi connectivity index (χ0n) is 13.7. The highest BCUT2D eigenvalue weighted by atomic mass is 35.5. The van der Waals surface area contributed by atoms with E-state index in [0.29, 0.717) is 38.0 Å². The highest BCUT2D eigenvalue weighted by molar-refractivity contribution is 6.06. The van der Waals surface area contributed by atoms with Crippen molar-refractivity contribution in [2.24, 2.45) is 0 Å². The molecule has 136 valence electrons. The average molecular weight is 370 g/mol. The summed E-state index contributed by atoms with van der Waals surface area (Å²) in [5.41, 5.74) is 8.22. The van der Waals surface area contributed by atoms with Crippen LogP contribution in [0, 0.1) is 0 Å². The van der Waals surface area contributed by atoms with E-state index < -0.39 is 6.67 Å². The lowest BCUT2D eigenvalue weighted by molar-refractivity contribution is 0.0321. The molecule has 3 aromatic rings. The summed E-state index contributed by atoms with van der Waals surface area (Å²) < 4.78 is 27.7. The van der Waals surface area contributed by atoms with Gasteiger partial charge in [-0.3, -0.25) is 0 Å². The Morgan fingerprint density at radius 1 is 0.960 bits per heavy atom. The molecule has 6 nitrogen and oxygen atoms in total. The molecule has 0 aliphatic rings. The molecule has 1 aromatic carbocycles. The first-order valence-electron chi connectivity index (χ1n) is 7.80. The number of halogens is 2. The fourth-order valence-corrected chi connectivity index (χ4v) is 2.44. The molecule has 25 heavy (non-hydrogen) atoms. The maximum Gasteiger partial charge on any atom is 0.215 e. The van der Waals surface area contributed by atoms with Gasteiger partial charge in [-0.05, 0) is 18.2 Å². The van der Waals surface area contributed by atoms with Gasteiger partial charge in [-0.25, -0.2) is 4.39 Å². The summed E-state index contributed by atoms with van der Waals surface area (Å²) in [6.45, 7) is 1.24. The minimum atomic E-state index is -0.475. The second kappa shape index (κ2) is 9.41. The van der Waals surface area contributed by atoms with Gasteiger partial charge in [0, 0.05) is 28.0 Å². The van der Waals surface area contributed by atoms with Gasteiger partial charge in [0.15, 0.2) is 0 Å². The van der Waals surface area contributed by atoms with Gasteiger partial charge in [0.25, 0.3) is 0 Å². The topological polar surface area (TPSA) is 82.4 Å². The second-order valence-electron chi connectivity index (χ2n) is 5.24. The van der Waals surface area contributed by atoms with Crippen LogP contribution in [-0.4, -0.2) is 49.7 Å². The van der Waals surface area contributed by atoms with Crippen LogP contribution in [0.4, 0.5) is 10.1 Å². The van der Waals surface area contributed by atoms with Gasteiger partial charge < -0.3 is 24.9 Å². The van der Waals surface area contributed by atoms with Crippen LogP contribution in [0.5, 0.6) is 5.88 Å². The summed E-state index contributed by atoms with van der Waals surface area (Å²) >= 11 is 0. The van der Waals surface area contributed by atoms with Crippen LogP contribution in [0.15, 0.2) is 30.3 Å². The van der Waals surface area contributed by atoms with E-state index in [9.17, 15) is 4.39 Å². The van der Waals surface area contributed by atoms with Gasteiger partial charge in [-0.1, -0.05) is 6.07 Å². The summed E-state index contributed by atoms with van der Waals surface area (Å²) in [6.07, 6.45) is 0. The second-order valence-corrected chi connectivity index (χ2v) is 5.24. The van der Waals surface area contributed by atoms with E-state index in [1.807, 2.05) is 30.3 Å². The van der Waals surface area contributed by atoms with Crippen molar-refractivity contribution in [2.45, 2.75) is 0 Å². The van der Waals surface area contributed by atoms with Crippen LogP contribution in [0.2, 0.25) is 0 Å². The number of fused-ring (bicyclic) bond motifs is 3. The quantitative estimate of drug-likeness (QED) is 0.447. The highest BCUT2D eigenvalue weighted by Gasteiger charge is 2.07. The molecule has 2 aromatic heterocycles. The molecular weight excluding hydrogens is 349 g/mol. The maximum absolute atomic E-state index is 11.8. The van der Waals surface area contributed by atoms with Crippen molar-refractivity contribution in [1.29, 1.82) is 0 Å². The number of benzene rings is 1. The van der Waals surface area contributed by atoms with Crippen LogP contribution in [0.1, 0.15) is 0 Å². The third-order valence-electron chi connectivity index (χ3n) is 3.53. The maximum atomic E-state index is 11.8. The molecule has 0 spiro atoms. The smallest absolute Gasteiger partial charge is 0.215 e. The number of H-pyrrole nitrogens is 1. The molecule has 0 atom stereocenters. The Morgan fingerprint density at radius 3 is 2.48 bits per heavy atom. The van der Waals surface area contributed by atoms with E-state index in [4.69, 9.17) is 19.9 Å². The lowest BCUT2D eigenvalue weighted by Gasteiger charge is -2.06. The summed E-state index contributed by atoms with van der Waals surface area (Å²) in [7, 11) is 0. The van der Waals surface area contributed by atoms with Crippen molar-refractivity contribution >= 4 is 40.0 Å². The van der Waals surface area contributed by atoms with E-state index >= 15 is 0 Å². The monoisotopic (exact) mass is 369 g/mol. The Balaban J connectivity index is 0.00000225. The van der Waals surface area contributed by atoms with E-state index in [1.165, 1.54) is 0 Å². The number of nitrogen functional groups attached to an aromatic ring is 1. The van der Waals surface area contributed by atoms with E-state index in [0.717, 1.165) is 21.9 Å². The Morgan fingerprint density at radius 2 is 1.68 bits per heavy atom. The van der Waals surface area contributed by atoms with Crippen molar-refractivity contribution in [3.63, 3.8) is 0 Å². The first-order valence-corrected chi connectivity index (χ1v) is 7.80. The van der Waals surface area contributed by atoms with Crippen molar-refractivity contribution in [2.75, 3.05) is 45.4 Å². The predicted molar refractivity (Wildman–Crippen MR) is 98.4 cm³/mol. The number of nitrogens with zero attached hydrogens (tertiary/aromatic N) is 1. The first-order chi connectivity index (χ1) is 11.8. The Kier molecular flexibility index (Phi) is 7.24. The third-order valence-corrected chi connectivity index (χ3v) is 3.53. The number of rotatable bonds is 9. The molecule has 0 aliphatic carbocycles. The Labute approximate surface area is 150 Å². The molecule has 0 saturated heterocycles. The molecule has 0 amide bonds. The fraction of sp³-hybridized carbons (Fsp3) is 0.353. The van der Waals surface area contributed by atoms with Crippen molar-refractivity contribution < 1.29 is 18.6 Å². The SMILES string of the molecule is Cl.Nc1ccc2c(c1)[nH]c1nc(OCCOCCOCCF)ccc12. The number of pyridine rings is 1. The zero-order valence-corrected chi connectivity index (χ0v) is 14.5. The van der Waals surface area contributed by atoms with Crippen molar-refractivity contribution in [3.05, 3.63) is 30.3 Å². The molecule has 3 N–H and O–H groups in total. The molecule has 2 heterocycles. The number of alkyl halides is 1. The molecule has 0 saturated carbocycles. The number of nitrogens with one attached hydrogen (secondary N) is 1. The highest BCUT2D eigenvalue weighted by Crippen LogP contribution is 2.27. The van der Waals surface area contributed by atoms with Gasteiger partial charge >= 0.3 is 0 Å². The van der Waals surface area contributed by atoms with Crippen LogP contribution in [0.3, 0.4) is 0 Å². The predicted octanol–water partition coefficient (Wildman–Crippen LogP) is 3.10. The molecule has 3 rings (SSSR count). The number of aromatic amines is 1. The van der Waals surface area contributed by atoms with Crippen LogP contribution >= 0.6 is 12.4 Å². The van der Waals surface area contributed by atoms with Gasteiger partial charge in [0.05, 0.1) is 26.4 Å². The number of ether oxygens (including phenoxy) is 3. The molecule has 0 radical (unpaired) electrons. The minimum absolute atomic E-state index is 0. The van der Waals surface area contributed by atoms with Crippen molar-refractivity contribution in [3.8, 4) is 5.88 Å². The van der Waals surface area contributed by atoms with E-state index in [1.54, 1.807) is 0 Å². The molecular formula is C17H21ClFN3O3. The van der Waals surface area contributed by atoms with Crippen molar-refractivity contribution in [1.82, 2.24) is 9.97 Å².